The van der Waals surface area contributed by atoms with Gasteiger partial charge in [-0.3, -0.25) is 4.57 Å². The summed E-state index contributed by atoms with van der Waals surface area (Å²) in [6.45, 7) is 0.130. The molecule has 4 aromatic rings. The van der Waals surface area contributed by atoms with Crippen LogP contribution in [0.4, 0.5) is 19.0 Å². The zero-order chi connectivity index (χ0) is 19.7. The number of nitrogens with zero attached hydrogens (tertiary/aromatic N) is 4. The van der Waals surface area contributed by atoms with Crippen molar-refractivity contribution in [1.29, 1.82) is 0 Å². The highest BCUT2D eigenvalue weighted by atomic mass is 35.5. The topological polar surface area (TPSA) is 55.6 Å². The Morgan fingerprint density at radius 1 is 1.00 bits per heavy atom. The lowest BCUT2D eigenvalue weighted by Crippen LogP contribution is -2.08. The van der Waals surface area contributed by atoms with E-state index in [2.05, 4.69) is 20.3 Å². The van der Waals surface area contributed by atoms with Gasteiger partial charge in [-0.05, 0) is 41.4 Å². The van der Waals surface area contributed by atoms with Crippen LogP contribution in [-0.4, -0.2) is 19.5 Å². The van der Waals surface area contributed by atoms with Crippen LogP contribution in [0.2, 0.25) is 5.28 Å². The van der Waals surface area contributed by atoms with E-state index in [1.807, 2.05) is 30.3 Å². The number of aromatic nitrogens is 4. The van der Waals surface area contributed by atoms with Gasteiger partial charge >= 0.3 is 6.18 Å². The van der Waals surface area contributed by atoms with E-state index in [9.17, 15) is 13.2 Å². The van der Waals surface area contributed by atoms with Crippen molar-refractivity contribution in [3.8, 4) is 5.69 Å². The van der Waals surface area contributed by atoms with Crippen molar-refractivity contribution in [3.63, 3.8) is 0 Å². The fraction of sp³-hybridized carbons (Fsp3) is 0.105. The van der Waals surface area contributed by atoms with Crippen LogP contribution in [0.3, 0.4) is 0 Å². The number of hydrogen-bond donors (Lipinski definition) is 1. The molecule has 0 saturated carbocycles. The summed E-state index contributed by atoms with van der Waals surface area (Å²) in [5.74, 6) is 0.349. The van der Waals surface area contributed by atoms with Crippen LogP contribution in [0.25, 0.3) is 16.9 Å². The maximum absolute atomic E-state index is 12.9. The Hall–Kier alpha value is -3.13. The zero-order valence-electron chi connectivity index (χ0n) is 14.3. The molecule has 5 nitrogen and oxygen atoms in total. The fourth-order valence-electron chi connectivity index (χ4n) is 2.82. The van der Waals surface area contributed by atoms with Crippen molar-refractivity contribution in [2.24, 2.45) is 0 Å². The summed E-state index contributed by atoms with van der Waals surface area (Å²) in [6.07, 6.45) is -2.80. The maximum atomic E-state index is 12.9. The molecule has 28 heavy (non-hydrogen) atoms. The number of nitrogens with one attached hydrogen (secondary N) is 1. The molecule has 0 aliphatic heterocycles. The Labute approximate surface area is 162 Å². The van der Waals surface area contributed by atoms with E-state index in [1.165, 1.54) is 6.07 Å². The summed E-state index contributed by atoms with van der Waals surface area (Å²) < 4.78 is 40.4. The lowest BCUT2D eigenvalue weighted by atomic mass is 10.1. The molecule has 0 bridgehead atoms. The Morgan fingerprint density at radius 2 is 1.79 bits per heavy atom. The number of hydrogen-bond acceptors (Lipinski definition) is 4. The number of halogens is 4. The first-order valence-corrected chi connectivity index (χ1v) is 8.65. The molecule has 0 radical (unpaired) electrons. The van der Waals surface area contributed by atoms with Crippen molar-refractivity contribution >= 4 is 28.6 Å². The average molecular weight is 404 g/mol. The average Bonchev–Trinajstić information content (AvgIpc) is 3.10. The maximum Gasteiger partial charge on any atom is 0.416 e. The molecule has 0 atom stereocenters. The van der Waals surface area contributed by atoms with E-state index in [0.29, 0.717) is 22.5 Å². The summed E-state index contributed by atoms with van der Waals surface area (Å²) in [7, 11) is 0. The third kappa shape index (κ3) is 3.63. The number of benzene rings is 2. The number of para-hydroxylation sites is 1. The number of rotatable bonds is 4. The largest absolute Gasteiger partial charge is 0.416 e. The van der Waals surface area contributed by atoms with Gasteiger partial charge in [0.2, 0.25) is 5.28 Å². The smallest absolute Gasteiger partial charge is 0.364 e. The molecule has 0 fully saturated rings. The van der Waals surface area contributed by atoms with E-state index < -0.39 is 11.7 Å². The first-order valence-electron chi connectivity index (χ1n) is 8.28. The highest BCUT2D eigenvalue weighted by Crippen LogP contribution is 2.30. The standard InChI is InChI=1S/C19H13ClF3N5/c20-18-26-16(24-10-12-5-4-6-13(9-12)19(21,22)23)15-17(27-18)28(11-25-15)14-7-2-1-3-8-14/h1-9,11H,10H2,(H,24,26,27). The molecule has 142 valence electrons. The summed E-state index contributed by atoms with van der Waals surface area (Å²) >= 11 is 6.05. The van der Waals surface area contributed by atoms with Gasteiger partial charge in [-0.25, -0.2) is 4.98 Å². The van der Waals surface area contributed by atoms with Gasteiger partial charge in [0.15, 0.2) is 17.0 Å². The Kier molecular flexibility index (Phi) is 4.64. The van der Waals surface area contributed by atoms with Crippen molar-refractivity contribution in [3.05, 3.63) is 77.3 Å². The van der Waals surface area contributed by atoms with Gasteiger partial charge in [-0.2, -0.15) is 23.1 Å². The van der Waals surface area contributed by atoms with E-state index >= 15 is 0 Å². The quantitative estimate of drug-likeness (QED) is 0.482. The molecule has 0 aliphatic carbocycles. The lowest BCUT2D eigenvalue weighted by molar-refractivity contribution is -0.137. The summed E-state index contributed by atoms with van der Waals surface area (Å²) in [5, 5.41) is 3.02. The highest BCUT2D eigenvalue weighted by molar-refractivity contribution is 6.28. The fourth-order valence-corrected chi connectivity index (χ4v) is 2.98. The third-order valence-electron chi connectivity index (χ3n) is 4.12. The number of alkyl halides is 3. The minimum absolute atomic E-state index is 0.0109. The SMILES string of the molecule is FC(F)(F)c1cccc(CNc2nc(Cl)nc3c2ncn3-c2ccccc2)c1. The van der Waals surface area contributed by atoms with Crippen LogP contribution in [0.1, 0.15) is 11.1 Å². The van der Waals surface area contributed by atoms with Crippen LogP contribution in [-0.2, 0) is 12.7 Å². The summed E-state index contributed by atoms with van der Waals surface area (Å²) in [5.41, 5.74) is 1.58. The van der Waals surface area contributed by atoms with Crippen LogP contribution in [0.15, 0.2) is 60.9 Å². The lowest BCUT2D eigenvalue weighted by Gasteiger charge is -2.10. The predicted octanol–water partition coefficient (Wildman–Crippen LogP) is 5.10. The van der Waals surface area contributed by atoms with Gasteiger partial charge < -0.3 is 5.32 Å². The number of fused-ring (bicyclic) bond motifs is 1. The molecule has 2 heterocycles. The molecular weight excluding hydrogens is 391 g/mol. The molecule has 2 aromatic heterocycles. The van der Waals surface area contributed by atoms with Gasteiger partial charge in [0.1, 0.15) is 6.33 Å². The molecular formula is C19H13ClF3N5. The van der Waals surface area contributed by atoms with Gasteiger partial charge in [0, 0.05) is 12.2 Å². The van der Waals surface area contributed by atoms with Crippen LogP contribution in [0, 0.1) is 0 Å². The number of imidazole rings is 1. The summed E-state index contributed by atoms with van der Waals surface area (Å²) in [6, 6.07) is 14.6. The van der Waals surface area contributed by atoms with Crippen LogP contribution < -0.4 is 5.32 Å². The molecule has 0 amide bonds. The van der Waals surface area contributed by atoms with Gasteiger partial charge in [-0.15, -0.1) is 0 Å². The van der Waals surface area contributed by atoms with E-state index in [4.69, 9.17) is 11.6 Å². The molecule has 1 N–H and O–H groups in total. The molecule has 9 heteroatoms. The van der Waals surface area contributed by atoms with E-state index in [-0.39, 0.29) is 11.8 Å². The second kappa shape index (κ2) is 7.12. The summed E-state index contributed by atoms with van der Waals surface area (Å²) in [4.78, 5) is 12.7. The molecule has 4 rings (SSSR count). The van der Waals surface area contributed by atoms with Gasteiger partial charge in [-0.1, -0.05) is 30.3 Å². The highest BCUT2D eigenvalue weighted by Gasteiger charge is 2.30. The second-order valence-corrected chi connectivity index (χ2v) is 6.35. The Balaban J connectivity index is 1.66. The molecule has 0 unspecified atom stereocenters. The monoisotopic (exact) mass is 403 g/mol. The molecule has 0 spiro atoms. The first-order chi connectivity index (χ1) is 13.4. The third-order valence-corrected chi connectivity index (χ3v) is 4.29. The van der Waals surface area contributed by atoms with Crippen molar-refractivity contribution in [2.75, 3.05) is 5.32 Å². The minimum Gasteiger partial charge on any atom is -0.364 e. The number of anilines is 1. The minimum atomic E-state index is -4.39. The first kappa shape index (κ1) is 18.2. The van der Waals surface area contributed by atoms with Gasteiger partial charge in [0.05, 0.1) is 5.56 Å². The van der Waals surface area contributed by atoms with E-state index in [0.717, 1.165) is 17.8 Å². The second-order valence-electron chi connectivity index (χ2n) is 6.02. The van der Waals surface area contributed by atoms with Crippen molar-refractivity contribution in [1.82, 2.24) is 19.5 Å². The normalized spacial score (nSPS) is 11.7. The van der Waals surface area contributed by atoms with Crippen molar-refractivity contribution in [2.45, 2.75) is 12.7 Å². The Bertz CT molecular complexity index is 1130. The molecule has 0 aliphatic rings. The van der Waals surface area contributed by atoms with E-state index in [1.54, 1.807) is 17.0 Å². The zero-order valence-corrected chi connectivity index (χ0v) is 15.0. The Morgan fingerprint density at radius 3 is 2.54 bits per heavy atom. The van der Waals surface area contributed by atoms with Gasteiger partial charge in [0.25, 0.3) is 0 Å². The van der Waals surface area contributed by atoms with Crippen LogP contribution in [0.5, 0.6) is 0 Å². The molecule has 2 aromatic carbocycles. The van der Waals surface area contributed by atoms with Crippen LogP contribution >= 0.6 is 11.6 Å². The predicted molar refractivity (Wildman–Crippen MR) is 100 cm³/mol. The van der Waals surface area contributed by atoms with Crippen molar-refractivity contribution < 1.29 is 13.2 Å². The molecule has 0 saturated heterocycles.